The molecule has 2 rings (SSSR count). The molecule has 2 atom stereocenters. The van der Waals surface area contributed by atoms with Crippen LogP contribution in [0, 0.1) is 10.1 Å². The molecule has 0 radical (unpaired) electrons. The van der Waals surface area contributed by atoms with Crippen LogP contribution in [0.2, 0.25) is 0 Å². The number of hydrogen-bond acceptors (Lipinski definition) is 4. The molecular weight excluding hydrogens is 220 g/mol. The molecule has 5 heteroatoms. The summed E-state index contributed by atoms with van der Waals surface area (Å²) in [4.78, 5) is 10.1. The first-order valence-electron chi connectivity index (χ1n) is 5.73. The van der Waals surface area contributed by atoms with Gasteiger partial charge < -0.3 is 10.1 Å². The van der Waals surface area contributed by atoms with Gasteiger partial charge in [0.15, 0.2) is 0 Å². The number of hydrogen-bond donors (Lipinski definition) is 1. The largest absolute Gasteiger partial charge is 0.375 e. The van der Waals surface area contributed by atoms with Crippen molar-refractivity contribution in [3.8, 4) is 0 Å². The first-order valence-corrected chi connectivity index (χ1v) is 5.73. The molecule has 1 heterocycles. The molecule has 0 amide bonds. The van der Waals surface area contributed by atoms with E-state index >= 15 is 0 Å². The van der Waals surface area contributed by atoms with Crippen LogP contribution < -0.4 is 5.32 Å². The highest BCUT2D eigenvalue weighted by Crippen LogP contribution is 2.14. The molecule has 0 bridgehead atoms. The number of nitrogens with one attached hydrogen (secondary N) is 1. The van der Waals surface area contributed by atoms with Gasteiger partial charge in [0.05, 0.1) is 17.6 Å². The van der Waals surface area contributed by atoms with Crippen molar-refractivity contribution in [1.82, 2.24) is 5.32 Å². The molecule has 1 saturated heterocycles. The van der Waals surface area contributed by atoms with Crippen LogP contribution in [0.3, 0.4) is 0 Å². The van der Waals surface area contributed by atoms with Crippen molar-refractivity contribution in [2.45, 2.75) is 25.5 Å². The maximum atomic E-state index is 10.5. The maximum Gasteiger partial charge on any atom is 0.269 e. The highest BCUT2D eigenvalue weighted by atomic mass is 16.6. The molecule has 1 N–H and O–H groups in total. The van der Waals surface area contributed by atoms with E-state index in [1.807, 2.05) is 0 Å². The predicted octanol–water partition coefficient (Wildman–Crippen LogP) is 1.51. The number of nitro groups is 1. The Kier molecular flexibility index (Phi) is 3.71. The van der Waals surface area contributed by atoms with Crippen molar-refractivity contribution in [1.29, 1.82) is 0 Å². The van der Waals surface area contributed by atoms with Crippen molar-refractivity contribution in [2.24, 2.45) is 0 Å². The van der Waals surface area contributed by atoms with Crippen molar-refractivity contribution < 1.29 is 9.66 Å². The van der Waals surface area contributed by atoms with Crippen molar-refractivity contribution in [2.75, 3.05) is 13.2 Å². The highest BCUT2D eigenvalue weighted by molar-refractivity contribution is 5.33. The minimum Gasteiger partial charge on any atom is -0.375 e. The number of non-ortho nitro benzene ring substituents is 1. The molecule has 1 aliphatic heterocycles. The topological polar surface area (TPSA) is 64.4 Å². The molecule has 17 heavy (non-hydrogen) atoms. The summed E-state index contributed by atoms with van der Waals surface area (Å²) in [6.45, 7) is 3.64. The van der Waals surface area contributed by atoms with Crippen LogP contribution >= 0.6 is 0 Å². The van der Waals surface area contributed by atoms with Crippen LogP contribution in [0.15, 0.2) is 24.3 Å². The van der Waals surface area contributed by atoms with E-state index in [0.29, 0.717) is 6.04 Å². The average Bonchev–Trinajstić information content (AvgIpc) is 2.33. The Labute approximate surface area is 99.9 Å². The second kappa shape index (κ2) is 5.25. The number of nitrogens with zero attached hydrogens (tertiary/aromatic N) is 1. The van der Waals surface area contributed by atoms with Gasteiger partial charge in [0.1, 0.15) is 0 Å². The van der Waals surface area contributed by atoms with E-state index in [1.165, 1.54) is 12.1 Å². The first-order chi connectivity index (χ1) is 8.15. The number of morpholine rings is 1. The molecule has 1 aromatic rings. The van der Waals surface area contributed by atoms with Crippen molar-refractivity contribution in [3.63, 3.8) is 0 Å². The molecule has 0 saturated carbocycles. The van der Waals surface area contributed by atoms with E-state index in [1.54, 1.807) is 12.1 Å². The lowest BCUT2D eigenvalue weighted by Crippen LogP contribution is -2.45. The fourth-order valence-corrected chi connectivity index (χ4v) is 1.88. The molecule has 0 spiro atoms. The second-order valence-electron chi connectivity index (χ2n) is 4.39. The fraction of sp³-hybridized carbons (Fsp3) is 0.500. The zero-order valence-corrected chi connectivity index (χ0v) is 9.76. The number of ether oxygens (including phenoxy) is 1. The maximum absolute atomic E-state index is 10.5. The lowest BCUT2D eigenvalue weighted by molar-refractivity contribution is -0.384. The van der Waals surface area contributed by atoms with Crippen LogP contribution in [0.4, 0.5) is 5.69 Å². The summed E-state index contributed by atoms with van der Waals surface area (Å²) < 4.78 is 5.68. The van der Waals surface area contributed by atoms with Gasteiger partial charge in [-0.25, -0.2) is 0 Å². The lowest BCUT2D eigenvalue weighted by Gasteiger charge is -2.28. The molecule has 1 aliphatic rings. The van der Waals surface area contributed by atoms with Crippen LogP contribution in [0.25, 0.3) is 0 Å². The van der Waals surface area contributed by atoms with Crippen molar-refractivity contribution >= 4 is 5.69 Å². The van der Waals surface area contributed by atoms with Crippen LogP contribution in [0.5, 0.6) is 0 Å². The summed E-state index contributed by atoms with van der Waals surface area (Å²) in [6.07, 6.45) is 0.949. The zero-order chi connectivity index (χ0) is 12.3. The first kappa shape index (κ1) is 12.0. The van der Waals surface area contributed by atoms with Gasteiger partial charge in [0, 0.05) is 24.7 Å². The Morgan fingerprint density at radius 3 is 2.71 bits per heavy atom. The summed E-state index contributed by atoms with van der Waals surface area (Å²) in [5.74, 6) is 0. The third-order valence-electron chi connectivity index (χ3n) is 2.89. The van der Waals surface area contributed by atoms with Gasteiger partial charge in [0.2, 0.25) is 0 Å². The summed E-state index contributed by atoms with van der Waals surface area (Å²) >= 11 is 0. The van der Waals surface area contributed by atoms with Crippen LogP contribution in [0.1, 0.15) is 12.5 Å². The fourth-order valence-electron chi connectivity index (χ4n) is 1.88. The van der Waals surface area contributed by atoms with E-state index in [4.69, 9.17) is 4.74 Å². The van der Waals surface area contributed by atoms with Crippen LogP contribution in [-0.2, 0) is 11.2 Å². The van der Waals surface area contributed by atoms with E-state index in [0.717, 1.165) is 25.1 Å². The Balaban J connectivity index is 1.92. The normalized spacial score (nSPS) is 24.5. The number of rotatable bonds is 3. The monoisotopic (exact) mass is 236 g/mol. The van der Waals surface area contributed by atoms with E-state index in [2.05, 4.69) is 12.2 Å². The summed E-state index contributed by atoms with van der Waals surface area (Å²) in [5.41, 5.74) is 1.20. The molecule has 5 nitrogen and oxygen atoms in total. The van der Waals surface area contributed by atoms with E-state index in [9.17, 15) is 10.1 Å². The second-order valence-corrected chi connectivity index (χ2v) is 4.39. The average molecular weight is 236 g/mol. The van der Waals surface area contributed by atoms with Gasteiger partial charge in [0.25, 0.3) is 5.69 Å². The SMILES string of the molecule is CC1COC(Cc2ccc([N+](=O)[O-])cc2)CN1. The van der Waals surface area contributed by atoms with Gasteiger partial charge in [-0.15, -0.1) is 0 Å². The summed E-state index contributed by atoms with van der Waals surface area (Å²) in [7, 11) is 0. The quantitative estimate of drug-likeness (QED) is 0.638. The Morgan fingerprint density at radius 1 is 1.47 bits per heavy atom. The molecular formula is C12H16N2O3. The summed E-state index contributed by atoms with van der Waals surface area (Å²) in [6, 6.07) is 7.06. The molecule has 1 fully saturated rings. The van der Waals surface area contributed by atoms with Gasteiger partial charge >= 0.3 is 0 Å². The Hall–Kier alpha value is -1.46. The van der Waals surface area contributed by atoms with E-state index in [-0.39, 0.29) is 16.7 Å². The highest BCUT2D eigenvalue weighted by Gasteiger charge is 2.18. The number of benzene rings is 1. The third kappa shape index (κ3) is 3.25. The smallest absolute Gasteiger partial charge is 0.269 e. The Bertz CT molecular complexity index is 383. The Morgan fingerprint density at radius 2 is 2.18 bits per heavy atom. The molecule has 0 aromatic heterocycles. The molecule has 1 aromatic carbocycles. The van der Waals surface area contributed by atoms with Gasteiger partial charge in [-0.05, 0) is 18.9 Å². The van der Waals surface area contributed by atoms with Crippen molar-refractivity contribution in [3.05, 3.63) is 39.9 Å². The molecule has 92 valence electrons. The molecule has 2 unspecified atom stereocenters. The lowest BCUT2D eigenvalue weighted by atomic mass is 10.1. The van der Waals surface area contributed by atoms with Gasteiger partial charge in [-0.2, -0.15) is 0 Å². The van der Waals surface area contributed by atoms with Gasteiger partial charge in [-0.1, -0.05) is 12.1 Å². The zero-order valence-electron chi connectivity index (χ0n) is 9.76. The van der Waals surface area contributed by atoms with E-state index < -0.39 is 0 Å². The van der Waals surface area contributed by atoms with Crippen LogP contribution in [-0.4, -0.2) is 30.2 Å². The standard InChI is InChI=1S/C12H16N2O3/c1-9-8-17-12(7-13-9)6-10-2-4-11(5-3-10)14(15)16/h2-5,9,12-13H,6-8H2,1H3. The van der Waals surface area contributed by atoms with Gasteiger partial charge in [-0.3, -0.25) is 10.1 Å². The molecule has 0 aliphatic carbocycles. The minimum absolute atomic E-state index is 0.130. The number of nitro benzene ring substituents is 1. The minimum atomic E-state index is -0.385. The summed E-state index contributed by atoms with van der Waals surface area (Å²) in [5, 5.41) is 13.9. The predicted molar refractivity (Wildman–Crippen MR) is 64.0 cm³/mol. The third-order valence-corrected chi connectivity index (χ3v) is 2.89.